The first-order chi connectivity index (χ1) is 10.5. The molecule has 6 heteroatoms. The number of fused-ring (bicyclic) bond motifs is 1. The molecule has 0 radical (unpaired) electrons. The van der Waals surface area contributed by atoms with Gasteiger partial charge in [-0.3, -0.25) is 9.48 Å². The number of hydrogen-bond donors (Lipinski definition) is 0. The van der Waals surface area contributed by atoms with Gasteiger partial charge >= 0.3 is 0 Å². The Morgan fingerprint density at radius 2 is 2.32 bits per heavy atom. The molecule has 3 rings (SSSR count). The number of carbonyl (C=O) groups is 1. The molecule has 22 heavy (non-hydrogen) atoms. The van der Waals surface area contributed by atoms with Gasteiger partial charge in [0.1, 0.15) is 6.10 Å². The van der Waals surface area contributed by atoms with Gasteiger partial charge in [-0.2, -0.15) is 5.10 Å². The fraction of sp³-hybridized carbons (Fsp3) is 0.375. The highest BCUT2D eigenvalue weighted by molar-refractivity contribution is 6.32. The molecule has 1 aromatic carbocycles. The maximum Gasteiger partial charge on any atom is 0.227 e. The molecule has 1 atom stereocenters. The van der Waals surface area contributed by atoms with Gasteiger partial charge in [0.2, 0.25) is 5.91 Å². The molecule has 1 amide bonds. The first-order valence-corrected chi connectivity index (χ1v) is 7.65. The number of aromatic nitrogens is 2. The Hall–Kier alpha value is -2.01. The van der Waals surface area contributed by atoms with Crippen LogP contribution in [-0.4, -0.2) is 28.3 Å². The minimum absolute atomic E-state index is 0.0718. The van der Waals surface area contributed by atoms with Gasteiger partial charge in [-0.25, -0.2) is 0 Å². The van der Waals surface area contributed by atoms with E-state index >= 15 is 0 Å². The minimum Gasteiger partial charge on any atom is -0.485 e. The van der Waals surface area contributed by atoms with Crippen LogP contribution in [0.25, 0.3) is 0 Å². The van der Waals surface area contributed by atoms with E-state index in [4.69, 9.17) is 16.3 Å². The molecule has 0 fully saturated rings. The van der Waals surface area contributed by atoms with Gasteiger partial charge in [-0.05, 0) is 31.0 Å². The molecule has 1 aliphatic rings. The van der Waals surface area contributed by atoms with E-state index in [1.165, 1.54) is 0 Å². The number of nitrogens with zero attached hydrogens (tertiary/aromatic N) is 3. The van der Waals surface area contributed by atoms with Crippen molar-refractivity contribution in [2.24, 2.45) is 7.05 Å². The van der Waals surface area contributed by atoms with E-state index < -0.39 is 0 Å². The van der Waals surface area contributed by atoms with E-state index in [2.05, 4.69) is 5.10 Å². The number of rotatable bonds is 3. The van der Waals surface area contributed by atoms with E-state index in [-0.39, 0.29) is 12.0 Å². The van der Waals surface area contributed by atoms with Crippen molar-refractivity contribution in [2.75, 3.05) is 11.4 Å². The van der Waals surface area contributed by atoms with E-state index in [0.29, 0.717) is 30.2 Å². The third-order valence-electron chi connectivity index (χ3n) is 3.68. The van der Waals surface area contributed by atoms with Gasteiger partial charge in [-0.1, -0.05) is 17.7 Å². The van der Waals surface area contributed by atoms with Gasteiger partial charge in [0.05, 0.1) is 23.5 Å². The number of carbonyl (C=O) groups excluding carboxylic acids is 1. The Kier molecular flexibility index (Phi) is 4.07. The van der Waals surface area contributed by atoms with Crippen LogP contribution in [0.4, 0.5) is 5.69 Å². The van der Waals surface area contributed by atoms with Gasteiger partial charge in [0.25, 0.3) is 0 Å². The van der Waals surface area contributed by atoms with Crippen molar-refractivity contribution >= 4 is 23.2 Å². The molecular formula is C16H18ClN3O2. The van der Waals surface area contributed by atoms with Gasteiger partial charge < -0.3 is 9.64 Å². The maximum atomic E-state index is 12.6. The molecule has 1 aliphatic heterocycles. The summed E-state index contributed by atoms with van der Waals surface area (Å²) in [5.41, 5.74) is 1.81. The van der Waals surface area contributed by atoms with Crippen molar-refractivity contribution in [3.63, 3.8) is 0 Å². The average Bonchev–Trinajstić information content (AvgIpc) is 2.91. The van der Waals surface area contributed by atoms with E-state index in [1.807, 2.05) is 32.3 Å². The Bertz CT molecular complexity index is 698. The second-order valence-electron chi connectivity index (χ2n) is 5.54. The summed E-state index contributed by atoms with van der Waals surface area (Å²) in [4.78, 5) is 14.4. The minimum atomic E-state index is -0.0743. The number of hydrogen-bond acceptors (Lipinski definition) is 3. The summed E-state index contributed by atoms with van der Waals surface area (Å²) in [7, 11) is 1.87. The summed E-state index contributed by atoms with van der Waals surface area (Å²) >= 11 is 6.18. The normalized spacial score (nSPS) is 17.0. The molecule has 0 aliphatic carbocycles. The highest BCUT2D eigenvalue weighted by Gasteiger charge is 2.28. The van der Waals surface area contributed by atoms with Gasteiger partial charge in [0.15, 0.2) is 5.75 Å². The molecule has 0 spiro atoms. The Balaban J connectivity index is 1.77. The van der Waals surface area contributed by atoms with Crippen molar-refractivity contribution in [1.82, 2.24) is 9.78 Å². The van der Waals surface area contributed by atoms with Crippen molar-refractivity contribution in [1.29, 1.82) is 0 Å². The molecule has 116 valence electrons. The zero-order chi connectivity index (χ0) is 15.7. The summed E-state index contributed by atoms with van der Waals surface area (Å²) in [5.74, 6) is 0.667. The number of benzene rings is 1. The second kappa shape index (κ2) is 6.01. The molecule has 0 saturated carbocycles. The summed E-state index contributed by atoms with van der Waals surface area (Å²) in [6.45, 7) is 2.48. The van der Waals surface area contributed by atoms with Gasteiger partial charge in [0, 0.05) is 19.7 Å². The highest BCUT2D eigenvalue weighted by Crippen LogP contribution is 2.39. The third-order valence-corrected chi connectivity index (χ3v) is 3.98. The first kappa shape index (κ1) is 14.9. The monoisotopic (exact) mass is 319 g/mol. The van der Waals surface area contributed by atoms with Crippen LogP contribution in [-0.2, 0) is 18.3 Å². The summed E-state index contributed by atoms with van der Waals surface area (Å²) < 4.78 is 7.51. The van der Waals surface area contributed by atoms with E-state index in [9.17, 15) is 4.79 Å². The van der Waals surface area contributed by atoms with E-state index in [1.54, 1.807) is 21.8 Å². The maximum absolute atomic E-state index is 12.6. The molecule has 2 aromatic rings. The zero-order valence-corrected chi connectivity index (χ0v) is 13.4. The van der Waals surface area contributed by atoms with Crippen LogP contribution in [0.15, 0.2) is 30.6 Å². The van der Waals surface area contributed by atoms with Crippen molar-refractivity contribution in [3.05, 3.63) is 41.2 Å². The van der Waals surface area contributed by atoms with Crippen LogP contribution in [0.3, 0.4) is 0 Å². The van der Waals surface area contributed by atoms with Crippen LogP contribution in [0.1, 0.15) is 18.9 Å². The fourth-order valence-electron chi connectivity index (χ4n) is 2.64. The van der Waals surface area contributed by atoms with Crippen molar-refractivity contribution in [2.45, 2.75) is 25.9 Å². The largest absolute Gasteiger partial charge is 0.485 e. The molecule has 0 unspecified atom stereocenters. The molecule has 0 N–H and O–H groups in total. The lowest BCUT2D eigenvalue weighted by molar-refractivity contribution is -0.119. The number of halogens is 1. The third kappa shape index (κ3) is 2.95. The molecule has 0 bridgehead atoms. The van der Waals surface area contributed by atoms with Crippen LogP contribution < -0.4 is 9.64 Å². The Morgan fingerprint density at radius 1 is 1.50 bits per heavy atom. The highest BCUT2D eigenvalue weighted by atomic mass is 35.5. The number of ether oxygens (including phenoxy) is 1. The molecule has 0 saturated heterocycles. The Morgan fingerprint density at radius 3 is 3.05 bits per heavy atom. The lowest BCUT2D eigenvalue weighted by atomic mass is 10.1. The number of para-hydroxylation sites is 1. The first-order valence-electron chi connectivity index (χ1n) is 7.27. The summed E-state index contributed by atoms with van der Waals surface area (Å²) in [6, 6.07) is 5.48. The van der Waals surface area contributed by atoms with E-state index in [0.717, 1.165) is 11.3 Å². The lowest BCUT2D eigenvalue weighted by Gasteiger charge is -2.34. The van der Waals surface area contributed by atoms with Gasteiger partial charge in [-0.15, -0.1) is 0 Å². The second-order valence-corrected chi connectivity index (χ2v) is 5.95. The van der Waals surface area contributed by atoms with Crippen LogP contribution in [0.2, 0.25) is 5.02 Å². The number of amides is 1. The predicted octanol–water partition coefficient (Wildman–Crippen LogP) is 2.82. The molecule has 5 nitrogen and oxygen atoms in total. The number of aryl methyl sites for hydroxylation is 2. The smallest absolute Gasteiger partial charge is 0.227 e. The van der Waals surface area contributed by atoms with Crippen molar-refractivity contribution in [3.8, 4) is 5.75 Å². The summed E-state index contributed by atoms with van der Waals surface area (Å²) in [6.07, 6.45) is 4.76. The molecule has 2 heterocycles. The lowest BCUT2D eigenvalue weighted by Crippen LogP contribution is -2.42. The Labute approximate surface area is 134 Å². The van der Waals surface area contributed by atoms with Crippen LogP contribution in [0.5, 0.6) is 5.75 Å². The number of anilines is 1. The quantitative estimate of drug-likeness (QED) is 0.874. The standard InChI is InChI=1S/C16H18ClN3O2/c1-11-9-20(14-5-3-4-13(17)16(14)22-11)15(21)7-6-12-8-18-19(2)10-12/h3-5,8,10-11H,6-7,9H2,1-2H3/t11-/m1/s1. The van der Waals surface area contributed by atoms with Crippen LogP contribution >= 0.6 is 11.6 Å². The summed E-state index contributed by atoms with van der Waals surface area (Å²) in [5, 5.41) is 4.66. The fourth-order valence-corrected chi connectivity index (χ4v) is 2.86. The molecule has 1 aromatic heterocycles. The predicted molar refractivity (Wildman–Crippen MR) is 85.4 cm³/mol. The average molecular weight is 320 g/mol. The SMILES string of the molecule is C[C@@H]1CN(C(=O)CCc2cnn(C)c2)c2cccc(Cl)c2O1. The molecular weight excluding hydrogens is 302 g/mol. The van der Waals surface area contributed by atoms with Crippen molar-refractivity contribution < 1.29 is 9.53 Å². The topological polar surface area (TPSA) is 47.4 Å². The zero-order valence-electron chi connectivity index (χ0n) is 12.6. The van der Waals surface area contributed by atoms with Crippen LogP contribution in [0, 0.1) is 0 Å².